The normalized spacial score (nSPS) is 12.2. The van der Waals surface area contributed by atoms with E-state index in [1.54, 1.807) is 36.9 Å². The summed E-state index contributed by atoms with van der Waals surface area (Å²) in [5.74, 6) is 3.23. The summed E-state index contributed by atoms with van der Waals surface area (Å²) in [5, 5.41) is 22.9. The van der Waals surface area contributed by atoms with Gasteiger partial charge >= 0.3 is 0 Å². The molecule has 45 heavy (non-hydrogen) atoms. The second-order valence-corrected chi connectivity index (χ2v) is 10.4. The topological polar surface area (TPSA) is 155 Å². The lowest BCUT2D eigenvalue weighted by molar-refractivity contribution is 0.218. The molecule has 0 aliphatic rings. The summed E-state index contributed by atoms with van der Waals surface area (Å²) in [7, 11) is 0. The third kappa shape index (κ3) is 7.69. The largest absolute Gasteiger partial charge is 0.490 e. The highest BCUT2D eigenvalue weighted by Crippen LogP contribution is 2.40. The first-order valence-corrected chi connectivity index (χ1v) is 14.8. The van der Waals surface area contributed by atoms with Crippen molar-refractivity contribution >= 4 is 23.0 Å². The predicted molar refractivity (Wildman–Crippen MR) is 175 cm³/mol. The van der Waals surface area contributed by atoms with Crippen molar-refractivity contribution in [1.82, 2.24) is 19.9 Å². The number of nitrogens with zero attached hydrogens (tertiary/aromatic N) is 4. The Balaban J connectivity index is 1.44. The van der Waals surface area contributed by atoms with Crippen molar-refractivity contribution in [2.45, 2.75) is 52.7 Å². The van der Waals surface area contributed by atoms with Gasteiger partial charge in [-0.05, 0) is 75.2 Å². The summed E-state index contributed by atoms with van der Waals surface area (Å²) in [6, 6.07) is 18.5. The molecule has 0 spiro atoms. The first-order chi connectivity index (χ1) is 21.8. The van der Waals surface area contributed by atoms with E-state index in [2.05, 4.69) is 44.4 Å². The zero-order chi connectivity index (χ0) is 31.8. The maximum atomic E-state index is 8.38. The lowest BCUT2D eigenvalue weighted by Crippen LogP contribution is -2.16. The summed E-state index contributed by atoms with van der Waals surface area (Å²) >= 11 is 0. The van der Waals surface area contributed by atoms with Gasteiger partial charge in [0.05, 0.1) is 23.3 Å². The summed E-state index contributed by atoms with van der Waals surface area (Å²) in [6.07, 6.45) is 7.95. The van der Waals surface area contributed by atoms with Gasteiger partial charge in [-0.25, -0.2) is 19.9 Å². The zero-order valence-electron chi connectivity index (χ0n) is 25.7. The molecular formula is C34H36N8O3. The van der Waals surface area contributed by atoms with E-state index < -0.39 is 0 Å². The van der Waals surface area contributed by atoms with Crippen LogP contribution in [0.5, 0.6) is 11.5 Å². The van der Waals surface area contributed by atoms with Crippen LogP contribution in [0.3, 0.4) is 0 Å². The lowest BCUT2D eigenvalue weighted by atomic mass is 10.1. The summed E-state index contributed by atoms with van der Waals surface area (Å²) in [6.45, 7) is 8.14. The Morgan fingerprint density at radius 3 is 1.44 bits per heavy atom. The number of nitrogens with one attached hydrogen (secondary N) is 4. The minimum absolute atomic E-state index is 0.0408. The van der Waals surface area contributed by atoms with E-state index in [9.17, 15) is 0 Å². The monoisotopic (exact) mass is 604 g/mol. The smallest absolute Gasteiger partial charge is 0.195 e. The van der Waals surface area contributed by atoms with Crippen molar-refractivity contribution in [1.29, 1.82) is 10.8 Å². The fraction of sp³-hybridized carbons (Fsp3) is 0.235. The molecule has 3 aromatic heterocycles. The third-order valence-corrected chi connectivity index (χ3v) is 7.02. The van der Waals surface area contributed by atoms with Crippen LogP contribution in [0.2, 0.25) is 0 Å². The van der Waals surface area contributed by atoms with Crippen molar-refractivity contribution in [2.24, 2.45) is 0 Å². The van der Waals surface area contributed by atoms with E-state index in [1.807, 2.05) is 62.4 Å². The summed E-state index contributed by atoms with van der Waals surface area (Å²) < 4.78 is 19.0. The highest BCUT2D eigenvalue weighted by Gasteiger charge is 2.19. The van der Waals surface area contributed by atoms with Gasteiger partial charge in [-0.1, -0.05) is 13.8 Å². The number of hydrogen-bond donors (Lipinski definition) is 4. The Hall–Kier alpha value is -5.58. The van der Waals surface area contributed by atoms with E-state index >= 15 is 0 Å². The zero-order valence-corrected chi connectivity index (χ0v) is 25.7. The first-order valence-electron chi connectivity index (χ1n) is 14.8. The fourth-order valence-corrected chi connectivity index (χ4v) is 4.29. The number of anilines is 2. The number of rotatable bonds is 12. The number of amidine groups is 2. The average molecular weight is 605 g/mol. The SMILES string of the molecule is CCC(C)Oc1cc(NC(=N)c2ncccn2)ccc1-c1ccc(-c2ccc(NC(=N)c3ncccn3)cc2OC(C)CC)o1. The number of hydrogen-bond acceptors (Lipinski definition) is 9. The van der Waals surface area contributed by atoms with Crippen LogP contribution >= 0.6 is 0 Å². The Bertz CT molecular complexity index is 1630. The summed E-state index contributed by atoms with van der Waals surface area (Å²) in [4.78, 5) is 16.6. The van der Waals surface area contributed by atoms with Crippen molar-refractivity contribution < 1.29 is 13.9 Å². The standard InChI is InChI=1S/C34H36N8O3/c1-5-21(3)43-29-19-23(41-31(35)33-37-15-7-16-38-33)9-11-25(29)27-13-14-28(45-27)26-12-10-24(20-30(26)44-22(4)6-2)42-32(36)34-39-17-8-18-40-34/h7-22H,5-6H2,1-4H3,(H2,35,41)(H2,36,42). The molecule has 0 aliphatic heterocycles. The van der Waals surface area contributed by atoms with Crippen LogP contribution in [0, 0.1) is 10.8 Å². The van der Waals surface area contributed by atoms with Gasteiger partial charge in [-0.3, -0.25) is 10.8 Å². The highest BCUT2D eigenvalue weighted by atomic mass is 16.5. The molecule has 0 saturated heterocycles. The molecule has 230 valence electrons. The second-order valence-electron chi connectivity index (χ2n) is 10.4. The number of aromatic nitrogens is 4. The molecule has 0 amide bonds. The van der Waals surface area contributed by atoms with E-state index in [-0.39, 0.29) is 23.9 Å². The Morgan fingerprint density at radius 2 is 1.07 bits per heavy atom. The van der Waals surface area contributed by atoms with Gasteiger partial charge < -0.3 is 24.5 Å². The highest BCUT2D eigenvalue weighted by molar-refractivity contribution is 6.04. The first kappa shape index (κ1) is 30.9. The molecule has 0 radical (unpaired) electrons. The fourth-order valence-electron chi connectivity index (χ4n) is 4.29. The minimum Gasteiger partial charge on any atom is -0.490 e. The summed E-state index contributed by atoms with van der Waals surface area (Å²) in [5.41, 5.74) is 2.88. The number of benzene rings is 2. The van der Waals surface area contributed by atoms with Gasteiger partial charge in [0.25, 0.3) is 0 Å². The Morgan fingerprint density at radius 1 is 0.667 bits per heavy atom. The third-order valence-electron chi connectivity index (χ3n) is 7.02. The van der Waals surface area contributed by atoms with Crippen molar-refractivity contribution in [3.05, 3.63) is 97.1 Å². The van der Waals surface area contributed by atoms with E-state index in [0.717, 1.165) is 24.0 Å². The molecular weight excluding hydrogens is 568 g/mol. The van der Waals surface area contributed by atoms with Gasteiger partial charge in [-0.15, -0.1) is 0 Å². The van der Waals surface area contributed by atoms with Crippen LogP contribution in [0.15, 0.2) is 89.9 Å². The molecule has 5 rings (SSSR count). The van der Waals surface area contributed by atoms with Crippen molar-refractivity contribution in [3.63, 3.8) is 0 Å². The lowest BCUT2D eigenvalue weighted by Gasteiger charge is -2.18. The Kier molecular flexibility index (Phi) is 9.78. The van der Waals surface area contributed by atoms with Crippen LogP contribution in [-0.2, 0) is 0 Å². The van der Waals surface area contributed by atoms with Crippen LogP contribution in [0.1, 0.15) is 52.2 Å². The molecule has 0 aliphatic carbocycles. The molecule has 2 atom stereocenters. The molecule has 0 bridgehead atoms. The van der Waals surface area contributed by atoms with Gasteiger partial charge in [0, 0.05) is 48.3 Å². The molecule has 2 aromatic carbocycles. The van der Waals surface area contributed by atoms with Gasteiger partial charge in [0.1, 0.15) is 23.0 Å². The molecule has 11 nitrogen and oxygen atoms in total. The molecule has 4 N–H and O–H groups in total. The van der Waals surface area contributed by atoms with Gasteiger partial charge in [0.2, 0.25) is 0 Å². The maximum Gasteiger partial charge on any atom is 0.195 e. The van der Waals surface area contributed by atoms with Crippen LogP contribution < -0.4 is 20.1 Å². The van der Waals surface area contributed by atoms with Crippen molar-refractivity contribution in [2.75, 3.05) is 10.6 Å². The van der Waals surface area contributed by atoms with E-state index in [1.165, 1.54) is 0 Å². The van der Waals surface area contributed by atoms with Crippen LogP contribution in [0.4, 0.5) is 11.4 Å². The molecule has 0 fully saturated rings. The predicted octanol–water partition coefficient (Wildman–Crippen LogP) is 7.42. The van der Waals surface area contributed by atoms with Gasteiger partial charge in [-0.2, -0.15) is 0 Å². The Labute approximate surface area is 262 Å². The minimum atomic E-state index is -0.0408. The quantitative estimate of drug-likeness (QED) is 0.0840. The van der Waals surface area contributed by atoms with E-state index in [4.69, 9.17) is 24.7 Å². The van der Waals surface area contributed by atoms with Crippen LogP contribution in [0.25, 0.3) is 22.6 Å². The van der Waals surface area contributed by atoms with Crippen molar-refractivity contribution in [3.8, 4) is 34.1 Å². The van der Waals surface area contributed by atoms with E-state index in [0.29, 0.717) is 46.0 Å². The second kappa shape index (κ2) is 14.3. The van der Waals surface area contributed by atoms with Crippen LogP contribution in [-0.4, -0.2) is 43.8 Å². The maximum absolute atomic E-state index is 8.38. The molecule has 0 saturated carbocycles. The molecule has 11 heteroatoms. The molecule has 2 unspecified atom stereocenters. The molecule has 5 aromatic rings. The number of ether oxygens (including phenoxy) is 2. The average Bonchev–Trinajstić information content (AvgIpc) is 3.55. The number of furan rings is 1. The van der Waals surface area contributed by atoms with Gasteiger partial charge in [0.15, 0.2) is 23.3 Å². The molecule has 3 heterocycles.